The van der Waals surface area contributed by atoms with Gasteiger partial charge in [0.25, 0.3) is 10.0 Å². The fourth-order valence-electron chi connectivity index (χ4n) is 1.44. The Hall–Kier alpha value is -1.70. The number of sulfonamides is 1. The summed E-state index contributed by atoms with van der Waals surface area (Å²) in [7, 11) is -4.54. The molecule has 0 atom stereocenters. The molecule has 1 saturated heterocycles. The number of benzene rings is 1. The lowest BCUT2D eigenvalue weighted by Crippen LogP contribution is -2.33. The number of halogens is 2. The molecule has 8 heteroatoms. The Morgan fingerprint density at radius 2 is 1.82 bits per heavy atom. The molecule has 0 aromatic heterocycles. The summed E-state index contributed by atoms with van der Waals surface area (Å²) in [6.07, 6.45) is -1.13. The monoisotopic (exact) mass is 263 g/mol. The highest BCUT2D eigenvalue weighted by Gasteiger charge is 2.38. The van der Waals surface area contributed by atoms with Crippen molar-refractivity contribution in [2.75, 3.05) is 13.2 Å². The van der Waals surface area contributed by atoms with Crippen LogP contribution in [0, 0.1) is 11.6 Å². The number of rotatable bonds is 2. The van der Waals surface area contributed by atoms with Crippen molar-refractivity contribution >= 4 is 16.1 Å². The Kier molecular flexibility index (Phi) is 2.74. The van der Waals surface area contributed by atoms with Crippen molar-refractivity contribution in [3.63, 3.8) is 0 Å². The standard InChI is InChI=1S/C9H7F2NO4S/c10-6-2-1-3-7(11)8(6)17(14,15)12-4-5-16-9(12)13/h1-3H,4-5H2. The molecular formula is C9H7F2NO4S. The number of ether oxygens (including phenoxy) is 1. The summed E-state index contributed by atoms with van der Waals surface area (Å²) >= 11 is 0. The van der Waals surface area contributed by atoms with Crippen molar-refractivity contribution in [1.82, 2.24) is 4.31 Å². The third-order valence-corrected chi connectivity index (χ3v) is 4.01. The normalized spacial score (nSPS) is 16.1. The Morgan fingerprint density at radius 3 is 2.29 bits per heavy atom. The fraction of sp³-hybridized carbons (Fsp3) is 0.222. The minimum absolute atomic E-state index is 0.131. The summed E-state index contributed by atoms with van der Waals surface area (Å²) in [6, 6.07) is 2.64. The van der Waals surface area contributed by atoms with Crippen LogP contribution < -0.4 is 0 Å². The second-order valence-electron chi connectivity index (χ2n) is 3.24. The Balaban J connectivity index is 2.56. The molecule has 92 valence electrons. The zero-order valence-electron chi connectivity index (χ0n) is 8.39. The van der Waals surface area contributed by atoms with E-state index < -0.39 is 32.6 Å². The second kappa shape index (κ2) is 3.95. The topological polar surface area (TPSA) is 63.7 Å². The molecule has 1 aliphatic heterocycles. The first-order valence-corrected chi connectivity index (χ1v) is 6.02. The van der Waals surface area contributed by atoms with E-state index in [1.54, 1.807) is 0 Å². The van der Waals surface area contributed by atoms with Gasteiger partial charge in [0.1, 0.15) is 18.2 Å². The number of cyclic esters (lactones) is 1. The molecule has 2 rings (SSSR count). The first-order valence-electron chi connectivity index (χ1n) is 4.58. The van der Waals surface area contributed by atoms with Crippen LogP contribution >= 0.6 is 0 Å². The van der Waals surface area contributed by atoms with Gasteiger partial charge in [-0.3, -0.25) is 0 Å². The number of carbonyl (C=O) groups excluding carboxylic acids is 1. The number of hydrogen-bond donors (Lipinski definition) is 0. The molecular weight excluding hydrogens is 256 g/mol. The van der Waals surface area contributed by atoms with Crippen LogP contribution in [0.15, 0.2) is 23.1 Å². The quantitative estimate of drug-likeness (QED) is 0.801. The highest BCUT2D eigenvalue weighted by Crippen LogP contribution is 2.24. The summed E-state index contributed by atoms with van der Waals surface area (Å²) in [4.78, 5) is 9.96. The van der Waals surface area contributed by atoms with Gasteiger partial charge in [0.2, 0.25) is 0 Å². The summed E-state index contributed by atoms with van der Waals surface area (Å²) in [6.45, 7) is -0.386. The van der Waals surface area contributed by atoms with Crippen LogP contribution in [0.1, 0.15) is 0 Å². The van der Waals surface area contributed by atoms with Crippen molar-refractivity contribution in [3.8, 4) is 0 Å². The third-order valence-electron chi connectivity index (χ3n) is 2.19. The molecule has 1 aromatic rings. The minimum atomic E-state index is -4.54. The van der Waals surface area contributed by atoms with Crippen molar-refractivity contribution in [1.29, 1.82) is 0 Å². The molecule has 1 aromatic carbocycles. The van der Waals surface area contributed by atoms with E-state index in [2.05, 4.69) is 4.74 Å². The van der Waals surface area contributed by atoms with Gasteiger partial charge in [-0.2, -0.15) is 4.31 Å². The highest BCUT2D eigenvalue weighted by molar-refractivity contribution is 7.89. The van der Waals surface area contributed by atoms with E-state index >= 15 is 0 Å². The van der Waals surface area contributed by atoms with E-state index in [1.165, 1.54) is 0 Å². The maximum absolute atomic E-state index is 13.3. The SMILES string of the molecule is O=C1OCCN1S(=O)(=O)c1c(F)cccc1F. The first kappa shape index (κ1) is 11.8. The van der Waals surface area contributed by atoms with Crippen LogP contribution in [0.25, 0.3) is 0 Å². The number of hydrogen-bond acceptors (Lipinski definition) is 4. The molecule has 0 saturated carbocycles. The number of carbonyl (C=O) groups is 1. The van der Waals surface area contributed by atoms with E-state index in [0.717, 1.165) is 18.2 Å². The average Bonchev–Trinajstić information content (AvgIpc) is 2.64. The molecule has 1 aliphatic rings. The van der Waals surface area contributed by atoms with E-state index in [9.17, 15) is 22.0 Å². The molecule has 1 heterocycles. The molecule has 0 radical (unpaired) electrons. The molecule has 0 aliphatic carbocycles. The van der Waals surface area contributed by atoms with Crippen LogP contribution in [0.5, 0.6) is 0 Å². The average molecular weight is 263 g/mol. The summed E-state index contributed by atoms with van der Waals surface area (Å²) in [5.74, 6) is -2.49. The first-order chi connectivity index (χ1) is 7.94. The van der Waals surface area contributed by atoms with Gasteiger partial charge in [-0.05, 0) is 12.1 Å². The summed E-state index contributed by atoms with van der Waals surface area (Å²) in [5.41, 5.74) is 0. The van der Waals surface area contributed by atoms with Crippen LogP contribution in [-0.2, 0) is 14.8 Å². The Labute approximate surface area is 95.6 Å². The van der Waals surface area contributed by atoms with Gasteiger partial charge in [0.05, 0.1) is 6.54 Å². The van der Waals surface area contributed by atoms with Crippen LogP contribution in [0.2, 0.25) is 0 Å². The van der Waals surface area contributed by atoms with Gasteiger partial charge in [-0.25, -0.2) is 22.0 Å². The maximum Gasteiger partial charge on any atom is 0.424 e. The van der Waals surface area contributed by atoms with E-state index in [4.69, 9.17) is 0 Å². The Morgan fingerprint density at radius 1 is 1.24 bits per heavy atom. The van der Waals surface area contributed by atoms with Crippen LogP contribution in [-0.4, -0.2) is 32.0 Å². The molecule has 0 unspecified atom stereocenters. The zero-order chi connectivity index (χ0) is 12.6. The third kappa shape index (κ3) is 1.84. The lowest BCUT2D eigenvalue weighted by molar-refractivity contribution is 0.170. The molecule has 0 spiro atoms. The van der Waals surface area contributed by atoms with Gasteiger partial charge in [-0.1, -0.05) is 6.07 Å². The number of nitrogens with zero attached hydrogens (tertiary/aromatic N) is 1. The lowest BCUT2D eigenvalue weighted by Gasteiger charge is -2.14. The summed E-state index contributed by atoms with van der Waals surface area (Å²) < 4.78 is 55.0. The largest absolute Gasteiger partial charge is 0.447 e. The fourth-order valence-corrected chi connectivity index (χ4v) is 2.85. The molecule has 1 fully saturated rings. The van der Waals surface area contributed by atoms with Gasteiger partial charge in [0.15, 0.2) is 4.90 Å². The van der Waals surface area contributed by atoms with Gasteiger partial charge >= 0.3 is 6.09 Å². The zero-order valence-corrected chi connectivity index (χ0v) is 9.21. The second-order valence-corrected chi connectivity index (χ2v) is 5.04. The lowest BCUT2D eigenvalue weighted by atomic mass is 10.3. The van der Waals surface area contributed by atoms with Gasteiger partial charge in [0, 0.05) is 0 Å². The highest BCUT2D eigenvalue weighted by atomic mass is 32.2. The van der Waals surface area contributed by atoms with Gasteiger partial charge in [-0.15, -0.1) is 0 Å². The van der Waals surface area contributed by atoms with Crippen molar-refractivity contribution < 1.29 is 26.7 Å². The molecule has 17 heavy (non-hydrogen) atoms. The smallest absolute Gasteiger partial charge is 0.424 e. The Bertz CT molecular complexity index is 552. The minimum Gasteiger partial charge on any atom is -0.447 e. The van der Waals surface area contributed by atoms with E-state index in [1.807, 2.05) is 0 Å². The van der Waals surface area contributed by atoms with E-state index in [-0.39, 0.29) is 13.2 Å². The van der Waals surface area contributed by atoms with E-state index in [0.29, 0.717) is 4.31 Å². The number of amides is 1. The van der Waals surface area contributed by atoms with Crippen molar-refractivity contribution in [2.45, 2.75) is 4.90 Å². The van der Waals surface area contributed by atoms with Crippen LogP contribution in [0.4, 0.5) is 13.6 Å². The molecule has 0 bridgehead atoms. The maximum atomic E-state index is 13.3. The summed E-state index contributed by atoms with van der Waals surface area (Å²) in [5, 5.41) is 0. The van der Waals surface area contributed by atoms with Crippen molar-refractivity contribution in [3.05, 3.63) is 29.8 Å². The van der Waals surface area contributed by atoms with Crippen LogP contribution in [0.3, 0.4) is 0 Å². The van der Waals surface area contributed by atoms with Gasteiger partial charge < -0.3 is 4.74 Å². The molecule has 1 amide bonds. The predicted octanol–water partition coefficient (Wildman–Crippen LogP) is 1.11. The predicted molar refractivity (Wildman–Crippen MR) is 51.6 cm³/mol. The molecule has 5 nitrogen and oxygen atoms in total. The molecule has 0 N–H and O–H groups in total. The van der Waals surface area contributed by atoms with Crippen molar-refractivity contribution in [2.24, 2.45) is 0 Å².